The van der Waals surface area contributed by atoms with Crippen LogP contribution in [0.1, 0.15) is 23.1 Å². The zero-order valence-electron chi connectivity index (χ0n) is 9.02. The lowest BCUT2D eigenvalue weighted by Gasteiger charge is -1.99. The number of hydrogen-bond acceptors (Lipinski definition) is 1. The van der Waals surface area contributed by atoms with Crippen LogP contribution in [0.15, 0.2) is 36.4 Å². The molecule has 1 aliphatic rings. The molecule has 0 saturated heterocycles. The van der Waals surface area contributed by atoms with E-state index in [1.54, 1.807) is 6.08 Å². The van der Waals surface area contributed by atoms with Gasteiger partial charge in [0.25, 0.3) is 0 Å². The van der Waals surface area contributed by atoms with E-state index in [9.17, 15) is 4.79 Å². The molecule has 1 aromatic carbocycles. The van der Waals surface area contributed by atoms with Gasteiger partial charge in [-0.3, -0.25) is 0 Å². The topological polar surface area (TPSA) is 37.3 Å². The molecule has 82 valence electrons. The number of carbonyl (C=O) groups is 1. The van der Waals surface area contributed by atoms with Crippen molar-refractivity contribution >= 4 is 12.0 Å². The largest absolute Gasteiger partial charge is 0.478 e. The van der Waals surface area contributed by atoms with Gasteiger partial charge in [0.1, 0.15) is 0 Å². The molecule has 1 N–H and O–H groups in total. The minimum atomic E-state index is -0.918. The summed E-state index contributed by atoms with van der Waals surface area (Å²) in [4.78, 5) is 10.2. The average molecular weight is 214 g/mol. The SMILES string of the molecule is O=C(O)/C=C/C=C/c1ccc2c(c1)CCC2. The van der Waals surface area contributed by atoms with Gasteiger partial charge in [0.2, 0.25) is 0 Å². The zero-order chi connectivity index (χ0) is 11.4. The second kappa shape index (κ2) is 4.79. The molecule has 2 rings (SSSR count). The highest BCUT2D eigenvalue weighted by molar-refractivity contribution is 5.80. The minimum absolute atomic E-state index is 0.918. The van der Waals surface area contributed by atoms with Crippen molar-refractivity contribution in [2.45, 2.75) is 19.3 Å². The van der Waals surface area contributed by atoms with Crippen LogP contribution in [0, 0.1) is 0 Å². The van der Waals surface area contributed by atoms with E-state index < -0.39 is 5.97 Å². The lowest BCUT2D eigenvalue weighted by atomic mass is 10.1. The molecule has 0 aromatic heterocycles. The Balaban J connectivity index is 2.08. The lowest BCUT2D eigenvalue weighted by molar-refractivity contribution is -0.131. The van der Waals surface area contributed by atoms with Crippen LogP contribution in [0.5, 0.6) is 0 Å². The third-order valence-electron chi connectivity index (χ3n) is 2.76. The van der Waals surface area contributed by atoms with E-state index in [0.29, 0.717) is 0 Å². The number of hydrogen-bond donors (Lipinski definition) is 1. The minimum Gasteiger partial charge on any atom is -0.478 e. The van der Waals surface area contributed by atoms with Gasteiger partial charge >= 0.3 is 5.97 Å². The van der Waals surface area contributed by atoms with Crippen molar-refractivity contribution in [2.75, 3.05) is 0 Å². The van der Waals surface area contributed by atoms with Crippen LogP contribution < -0.4 is 0 Å². The summed E-state index contributed by atoms with van der Waals surface area (Å²) in [6.07, 6.45) is 9.96. The van der Waals surface area contributed by atoms with Crippen LogP contribution in [-0.4, -0.2) is 11.1 Å². The molecular formula is C14H14O2. The Morgan fingerprint density at radius 1 is 1.19 bits per heavy atom. The Hall–Kier alpha value is -1.83. The molecule has 0 heterocycles. The molecule has 0 atom stereocenters. The highest BCUT2D eigenvalue weighted by Crippen LogP contribution is 2.23. The maximum Gasteiger partial charge on any atom is 0.328 e. The fourth-order valence-electron chi connectivity index (χ4n) is 2.00. The number of rotatable bonds is 3. The monoisotopic (exact) mass is 214 g/mol. The van der Waals surface area contributed by atoms with E-state index in [-0.39, 0.29) is 0 Å². The Labute approximate surface area is 94.9 Å². The van der Waals surface area contributed by atoms with Gasteiger partial charge in [0, 0.05) is 6.08 Å². The quantitative estimate of drug-likeness (QED) is 0.620. The summed E-state index contributed by atoms with van der Waals surface area (Å²) in [5, 5.41) is 8.42. The Morgan fingerprint density at radius 2 is 2.00 bits per heavy atom. The van der Waals surface area contributed by atoms with Gasteiger partial charge in [-0.25, -0.2) is 4.79 Å². The van der Waals surface area contributed by atoms with Gasteiger partial charge in [0.05, 0.1) is 0 Å². The molecule has 0 unspecified atom stereocenters. The van der Waals surface area contributed by atoms with E-state index in [1.165, 1.54) is 36.5 Å². The number of aliphatic carboxylic acids is 1. The second-order valence-corrected chi connectivity index (χ2v) is 3.94. The molecule has 0 spiro atoms. The third-order valence-corrected chi connectivity index (χ3v) is 2.76. The Morgan fingerprint density at radius 3 is 2.81 bits per heavy atom. The Kier molecular flexibility index (Phi) is 3.20. The van der Waals surface area contributed by atoms with E-state index in [4.69, 9.17) is 5.11 Å². The predicted molar refractivity (Wildman–Crippen MR) is 64.3 cm³/mol. The molecule has 0 radical (unpaired) electrons. The molecule has 0 saturated carbocycles. The fraction of sp³-hybridized carbons (Fsp3) is 0.214. The normalized spacial score (nSPS) is 14.8. The summed E-state index contributed by atoms with van der Waals surface area (Å²) in [6.45, 7) is 0. The molecule has 16 heavy (non-hydrogen) atoms. The number of carboxylic acid groups (broad SMARTS) is 1. The predicted octanol–water partition coefficient (Wildman–Crippen LogP) is 2.83. The van der Waals surface area contributed by atoms with Crippen LogP contribution in [0.25, 0.3) is 6.08 Å². The number of aryl methyl sites for hydroxylation is 2. The maximum absolute atomic E-state index is 10.2. The van der Waals surface area contributed by atoms with Gasteiger partial charge < -0.3 is 5.11 Å². The molecule has 0 aliphatic heterocycles. The summed E-state index contributed by atoms with van der Waals surface area (Å²) < 4.78 is 0. The van der Waals surface area contributed by atoms with Gasteiger partial charge in [-0.2, -0.15) is 0 Å². The average Bonchev–Trinajstić information content (AvgIpc) is 2.71. The highest BCUT2D eigenvalue weighted by Gasteiger charge is 2.09. The summed E-state index contributed by atoms with van der Waals surface area (Å²) >= 11 is 0. The van der Waals surface area contributed by atoms with Crippen molar-refractivity contribution in [3.05, 3.63) is 53.1 Å². The summed E-state index contributed by atoms with van der Waals surface area (Å²) in [5.74, 6) is -0.918. The van der Waals surface area contributed by atoms with Crippen molar-refractivity contribution in [1.82, 2.24) is 0 Å². The van der Waals surface area contributed by atoms with Gasteiger partial charge in [0.15, 0.2) is 0 Å². The lowest BCUT2D eigenvalue weighted by Crippen LogP contribution is -1.84. The second-order valence-electron chi connectivity index (χ2n) is 3.94. The molecule has 2 heteroatoms. The number of benzene rings is 1. The van der Waals surface area contributed by atoms with Crippen molar-refractivity contribution in [3.8, 4) is 0 Å². The number of carboxylic acids is 1. The van der Waals surface area contributed by atoms with E-state index >= 15 is 0 Å². The van der Waals surface area contributed by atoms with E-state index in [2.05, 4.69) is 18.2 Å². The first kappa shape index (κ1) is 10.7. The number of allylic oxidation sites excluding steroid dienone is 2. The standard InChI is InChI=1S/C14H14O2/c15-14(16)7-2-1-4-11-8-9-12-5-3-6-13(12)10-11/h1-2,4,7-10H,3,5-6H2,(H,15,16)/b4-1+,7-2+. The molecule has 0 bridgehead atoms. The van der Waals surface area contributed by atoms with Crippen molar-refractivity contribution in [2.24, 2.45) is 0 Å². The van der Waals surface area contributed by atoms with Gasteiger partial charge in [-0.05, 0) is 36.0 Å². The van der Waals surface area contributed by atoms with Crippen LogP contribution in [0.2, 0.25) is 0 Å². The smallest absolute Gasteiger partial charge is 0.328 e. The molecule has 1 aliphatic carbocycles. The first-order valence-electron chi connectivity index (χ1n) is 5.45. The summed E-state index contributed by atoms with van der Waals surface area (Å²) in [7, 11) is 0. The first-order chi connectivity index (χ1) is 7.75. The van der Waals surface area contributed by atoms with Crippen molar-refractivity contribution in [3.63, 3.8) is 0 Å². The van der Waals surface area contributed by atoms with E-state index in [0.717, 1.165) is 11.6 Å². The summed E-state index contributed by atoms with van der Waals surface area (Å²) in [6, 6.07) is 6.44. The molecule has 2 nitrogen and oxygen atoms in total. The third kappa shape index (κ3) is 2.60. The van der Waals surface area contributed by atoms with Crippen LogP contribution >= 0.6 is 0 Å². The van der Waals surface area contributed by atoms with Gasteiger partial charge in [-0.15, -0.1) is 0 Å². The molecular weight excluding hydrogens is 200 g/mol. The van der Waals surface area contributed by atoms with Gasteiger partial charge in [-0.1, -0.05) is 36.4 Å². The van der Waals surface area contributed by atoms with Crippen molar-refractivity contribution < 1.29 is 9.90 Å². The Bertz CT molecular complexity index is 456. The maximum atomic E-state index is 10.2. The zero-order valence-corrected chi connectivity index (χ0v) is 9.02. The molecule has 0 amide bonds. The molecule has 1 aromatic rings. The number of fused-ring (bicyclic) bond motifs is 1. The van der Waals surface area contributed by atoms with E-state index in [1.807, 2.05) is 6.08 Å². The van der Waals surface area contributed by atoms with Crippen LogP contribution in [0.3, 0.4) is 0 Å². The summed E-state index contributed by atoms with van der Waals surface area (Å²) in [5.41, 5.74) is 4.03. The molecule has 0 fully saturated rings. The fourth-order valence-corrected chi connectivity index (χ4v) is 2.00. The van der Waals surface area contributed by atoms with Crippen molar-refractivity contribution in [1.29, 1.82) is 0 Å². The van der Waals surface area contributed by atoms with Crippen LogP contribution in [0.4, 0.5) is 0 Å². The van der Waals surface area contributed by atoms with Crippen LogP contribution in [-0.2, 0) is 17.6 Å². The first-order valence-corrected chi connectivity index (χ1v) is 5.45. The highest BCUT2D eigenvalue weighted by atomic mass is 16.4.